The highest BCUT2D eigenvalue weighted by atomic mass is 19.1. The highest BCUT2D eigenvalue weighted by Gasteiger charge is 2.13. The van der Waals surface area contributed by atoms with E-state index in [1.165, 1.54) is 18.2 Å². The molecule has 5 aromatic rings. The molecular formula is C23H18F2N6. The summed E-state index contributed by atoms with van der Waals surface area (Å²) in [5, 5.41) is 7.49. The third-order valence-electron chi connectivity index (χ3n) is 5.05. The van der Waals surface area contributed by atoms with Gasteiger partial charge in [0.25, 0.3) is 0 Å². The molecule has 0 amide bonds. The molecule has 0 aliphatic heterocycles. The molecule has 0 atom stereocenters. The van der Waals surface area contributed by atoms with Crippen LogP contribution in [0.2, 0.25) is 0 Å². The van der Waals surface area contributed by atoms with Crippen LogP contribution >= 0.6 is 0 Å². The van der Waals surface area contributed by atoms with E-state index in [1.807, 2.05) is 13.8 Å². The van der Waals surface area contributed by atoms with E-state index in [9.17, 15) is 8.78 Å². The van der Waals surface area contributed by atoms with Crippen LogP contribution < -0.4 is 5.32 Å². The molecule has 0 bridgehead atoms. The minimum absolute atomic E-state index is 0.326. The van der Waals surface area contributed by atoms with Gasteiger partial charge in [-0.2, -0.15) is 5.10 Å². The molecule has 5 rings (SSSR count). The SMILES string of the molecule is Cc1cn(-c2ccc(Nc3ccnn4cc(-c5cc(F)ccc5C)nc34)cc2F)cn1. The van der Waals surface area contributed by atoms with E-state index in [4.69, 9.17) is 0 Å². The smallest absolute Gasteiger partial charge is 0.177 e. The summed E-state index contributed by atoms with van der Waals surface area (Å²) < 4.78 is 31.7. The monoisotopic (exact) mass is 416 g/mol. The Hall–Kier alpha value is -4.07. The number of nitrogens with one attached hydrogen (secondary N) is 1. The number of nitrogens with zero attached hydrogens (tertiary/aromatic N) is 5. The maximum absolute atomic E-state index is 14.7. The predicted molar refractivity (Wildman–Crippen MR) is 115 cm³/mol. The van der Waals surface area contributed by atoms with Gasteiger partial charge in [0.2, 0.25) is 0 Å². The lowest BCUT2D eigenvalue weighted by atomic mass is 10.1. The first-order chi connectivity index (χ1) is 15.0. The maximum atomic E-state index is 14.7. The molecular weight excluding hydrogens is 398 g/mol. The highest BCUT2D eigenvalue weighted by Crippen LogP contribution is 2.28. The summed E-state index contributed by atoms with van der Waals surface area (Å²) in [5.74, 6) is -0.709. The van der Waals surface area contributed by atoms with Crippen molar-refractivity contribution in [2.24, 2.45) is 0 Å². The number of anilines is 2. The van der Waals surface area contributed by atoms with Crippen molar-refractivity contribution in [3.05, 3.63) is 90.3 Å². The molecule has 2 aromatic carbocycles. The highest BCUT2D eigenvalue weighted by molar-refractivity contribution is 5.77. The Balaban J connectivity index is 1.50. The fraction of sp³-hybridized carbons (Fsp3) is 0.0870. The van der Waals surface area contributed by atoms with Crippen molar-refractivity contribution in [3.63, 3.8) is 0 Å². The van der Waals surface area contributed by atoms with Gasteiger partial charge in [0.1, 0.15) is 11.6 Å². The first-order valence-electron chi connectivity index (χ1n) is 9.66. The van der Waals surface area contributed by atoms with Crippen LogP contribution in [0.3, 0.4) is 0 Å². The number of halogens is 2. The normalized spacial score (nSPS) is 11.2. The molecule has 31 heavy (non-hydrogen) atoms. The zero-order valence-electron chi connectivity index (χ0n) is 16.8. The van der Waals surface area contributed by atoms with E-state index in [0.29, 0.717) is 34.0 Å². The van der Waals surface area contributed by atoms with Crippen molar-refractivity contribution >= 4 is 17.0 Å². The van der Waals surface area contributed by atoms with Gasteiger partial charge in [-0.1, -0.05) is 6.07 Å². The molecule has 3 heterocycles. The summed E-state index contributed by atoms with van der Waals surface area (Å²) in [6.07, 6.45) is 6.71. The summed E-state index contributed by atoms with van der Waals surface area (Å²) in [7, 11) is 0. The van der Waals surface area contributed by atoms with E-state index in [-0.39, 0.29) is 11.6 Å². The average molecular weight is 416 g/mol. The Bertz CT molecular complexity index is 1420. The molecule has 3 aromatic heterocycles. The fourth-order valence-corrected chi connectivity index (χ4v) is 3.50. The predicted octanol–water partition coefficient (Wildman–Crippen LogP) is 5.22. The summed E-state index contributed by atoms with van der Waals surface area (Å²) in [5.41, 5.74) is 5.21. The molecule has 1 N–H and O–H groups in total. The van der Waals surface area contributed by atoms with Crippen LogP contribution in [0.25, 0.3) is 22.6 Å². The fourth-order valence-electron chi connectivity index (χ4n) is 3.50. The first kappa shape index (κ1) is 18.9. The Morgan fingerprint density at radius 1 is 0.968 bits per heavy atom. The number of imidazole rings is 2. The molecule has 0 radical (unpaired) electrons. The second-order valence-corrected chi connectivity index (χ2v) is 7.31. The second-order valence-electron chi connectivity index (χ2n) is 7.31. The Morgan fingerprint density at radius 2 is 1.84 bits per heavy atom. The van der Waals surface area contributed by atoms with Gasteiger partial charge in [0, 0.05) is 17.4 Å². The summed E-state index contributed by atoms with van der Waals surface area (Å²) in [6.45, 7) is 3.75. The molecule has 0 fully saturated rings. The molecule has 8 heteroatoms. The van der Waals surface area contributed by atoms with E-state index in [2.05, 4.69) is 20.4 Å². The molecule has 0 aliphatic carbocycles. The molecule has 0 unspecified atom stereocenters. The van der Waals surface area contributed by atoms with Crippen LogP contribution in [0.15, 0.2) is 67.4 Å². The maximum Gasteiger partial charge on any atom is 0.177 e. The van der Waals surface area contributed by atoms with Crippen LogP contribution in [-0.2, 0) is 0 Å². The molecule has 6 nitrogen and oxygen atoms in total. The number of hydrogen-bond donors (Lipinski definition) is 1. The van der Waals surface area contributed by atoms with Gasteiger partial charge in [-0.25, -0.2) is 23.3 Å². The van der Waals surface area contributed by atoms with E-state index < -0.39 is 0 Å². The van der Waals surface area contributed by atoms with Gasteiger partial charge in [-0.3, -0.25) is 0 Å². The second kappa shape index (κ2) is 7.32. The van der Waals surface area contributed by atoms with E-state index in [0.717, 1.165) is 11.3 Å². The third kappa shape index (κ3) is 3.52. The summed E-state index contributed by atoms with van der Waals surface area (Å²) in [6, 6.07) is 11.2. The quantitative estimate of drug-likeness (QED) is 0.436. The molecule has 154 valence electrons. The lowest BCUT2D eigenvalue weighted by Gasteiger charge is -2.10. The van der Waals surface area contributed by atoms with E-state index >= 15 is 0 Å². The number of aromatic nitrogens is 5. The van der Waals surface area contributed by atoms with Crippen molar-refractivity contribution in [1.82, 2.24) is 24.1 Å². The Kier molecular flexibility index (Phi) is 4.47. The number of hydrogen-bond acceptors (Lipinski definition) is 4. The van der Waals surface area contributed by atoms with Crippen LogP contribution in [0, 0.1) is 25.5 Å². The zero-order valence-corrected chi connectivity index (χ0v) is 16.8. The van der Waals surface area contributed by atoms with Gasteiger partial charge in [-0.15, -0.1) is 0 Å². The molecule has 0 spiro atoms. The summed E-state index contributed by atoms with van der Waals surface area (Å²) in [4.78, 5) is 8.77. The van der Waals surface area contributed by atoms with Crippen LogP contribution in [0.4, 0.5) is 20.2 Å². The third-order valence-corrected chi connectivity index (χ3v) is 5.05. The molecule has 0 aliphatic rings. The van der Waals surface area contributed by atoms with Crippen molar-refractivity contribution in [2.75, 3.05) is 5.32 Å². The number of benzene rings is 2. The van der Waals surface area contributed by atoms with Crippen molar-refractivity contribution in [3.8, 4) is 16.9 Å². The minimum Gasteiger partial charge on any atom is -0.352 e. The lowest BCUT2D eigenvalue weighted by Crippen LogP contribution is -1.99. The topological polar surface area (TPSA) is 60.0 Å². The molecule has 0 saturated carbocycles. The van der Waals surface area contributed by atoms with Crippen molar-refractivity contribution in [1.29, 1.82) is 0 Å². The van der Waals surface area contributed by atoms with Gasteiger partial charge >= 0.3 is 0 Å². The average Bonchev–Trinajstić information content (AvgIpc) is 3.37. The largest absolute Gasteiger partial charge is 0.352 e. The first-order valence-corrected chi connectivity index (χ1v) is 9.66. The Labute approximate surface area is 176 Å². The van der Waals surface area contributed by atoms with Gasteiger partial charge in [0.05, 0.1) is 41.5 Å². The number of fused-ring (bicyclic) bond motifs is 1. The van der Waals surface area contributed by atoms with Gasteiger partial charge < -0.3 is 9.88 Å². The van der Waals surface area contributed by atoms with Gasteiger partial charge in [0.15, 0.2) is 5.65 Å². The number of aryl methyl sites for hydroxylation is 2. The summed E-state index contributed by atoms with van der Waals surface area (Å²) >= 11 is 0. The van der Waals surface area contributed by atoms with E-state index in [1.54, 1.807) is 58.3 Å². The molecule has 0 saturated heterocycles. The van der Waals surface area contributed by atoms with Crippen LogP contribution in [-0.4, -0.2) is 24.1 Å². The van der Waals surface area contributed by atoms with Crippen LogP contribution in [0.1, 0.15) is 11.3 Å². The van der Waals surface area contributed by atoms with Gasteiger partial charge in [-0.05, 0) is 55.8 Å². The Morgan fingerprint density at radius 3 is 2.61 bits per heavy atom. The number of rotatable bonds is 4. The minimum atomic E-state index is -0.383. The van der Waals surface area contributed by atoms with Crippen molar-refractivity contribution in [2.45, 2.75) is 13.8 Å². The van der Waals surface area contributed by atoms with Crippen LogP contribution in [0.5, 0.6) is 0 Å². The lowest BCUT2D eigenvalue weighted by molar-refractivity contribution is 0.618. The van der Waals surface area contributed by atoms with Crippen molar-refractivity contribution < 1.29 is 8.78 Å². The standard InChI is InChI=1S/C23H18F2N6/c1-14-3-4-16(24)9-18(14)21-12-31-23(29-21)20(7-8-27-31)28-17-5-6-22(19(25)10-17)30-11-15(2)26-13-30/h3-13,28H,1-2H3. The zero-order chi connectivity index (χ0) is 21.5.